The fourth-order valence-electron chi connectivity index (χ4n) is 2.00. The summed E-state index contributed by atoms with van der Waals surface area (Å²) < 4.78 is 26.6. The molecule has 19 heavy (non-hydrogen) atoms. The minimum Gasteiger partial charge on any atom is -0.374 e. The highest BCUT2D eigenvalue weighted by Crippen LogP contribution is 2.30. The van der Waals surface area contributed by atoms with E-state index in [0.717, 1.165) is 37.3 Å². The van der Waals surface area contributed by atoms with Crippen molar-refractivity contribution in [2.24, 2.45) is 5.41 Å². The van der Waals surface area contributed by atoms with Crippen molar-refractivity contribution in [2.45, 2.75) is 24.1 Å². The van der Waals surface area contributed by atoms with Crippen LogP contribution < -0.4 is 10.5 Å². The van der Waals surface area contributed by atoms with Gasteiger partial charge in [0.05, 0.1) is 0 Å². The molecule has 0 amide bonds. The monoisotopic (exact) mass is 305 g/mol. The molecule has 0 atom stereocenters. The van der Waals surface area contributed by atoms with Crippen molar-refractivity contribution >= 4 is 26.5 Å². The number of sulfonamides is 1. The van der Waals surface area contributed by atoms with Gasteiger partial charge in [0.1, 0.15) is 0 Å². The number of rotatable bonds is 4. The molecule has 2 rings (SSSR count). The maximum Gasteiger partial charge on any atom is 0.269 e. The summed E-state index contributed by atoms with van der Waals surface area (Å²) in [5.41, 5.74) is 5.40. The molecule has 1 fully saturated rings. The molecule has 0 bridgehead atoms. The van der Waals surface area contributed by atoms with Crippen molar-refractivity contribution in [1.82, 2.24) is 19.8 Å². The molecule has 1 saturated heterocycles. The van der Waals surface area contributed by atoms with E-state index in [1.807, 2.05) is 0 Å². The number of likely N-dealkylation sites (tertiary alicyclic amines) is 1. The largest absolute Gasteiger partial charge is 0.374 e. The smallest absolute Gasteiger partial charge is 0.269 e. The average molecular weight is 305 g/mol. The highest BCUT2D eigenvalue weighted by atomic mass is 32.2. The van der Waals surface area contributed by atoms with Gasteiger partial charge < -0.3 is 10.6 Å². The summed E-state index contributed by atoms with van der Waals surface area (Å²) in [7, 11) is -1.51. The van der Waals surface area contributed by atoms with Gasteiger partial charge in [-0.1, -0.05) is 18.3 Å². The van der Waals surface area contributed by atoms with Gasteiger partial charge in [0, 0.05) is 6.54 Å². The Labute approximate surface area is 117 Å². The minimum absolute atomic E-state index is 0.00415. The fraction of sp³-hybridized carbons (Fsp3) is 0.800. The summed E-state index contributed by atoms with van der Waals surface area (Å²) in [5.74, 6) is 0. The van der Waals surface area contributed by atoms with Gasteiger partial charge in [-0.25, -0.2) is 13.1 Å². The molecule has 108 valence electrons. The molecule has 0 aromatic carbocycles. The lowest BCUT2D eigenvalue weighted by atomic mass is 9.81. The fourth-order valence-corrected chi connectivity index (χ4v) is 4.02. The van der Waals surface area contributed by atoms with Crippen molar-refractivity contribution in [3.63, 3.8) is 0 Å². The van der Waals surface area contributed by atoms with Crippen LogP contribution in [0.4, 0.5) is 5.13 Å². The normalized spacial score (nSPS) is 20.5. The van der Waals surface area contributed by atoms with E-state index >= 15 is 0 Å². The van der Waals surface area contributed by atoms with E-state index in [9.17, 15) is 8.42 Å². The third-order valence-corrected chi connectivity index (χ3v) is 6.06. The van der Waals surface area contributed by atoms with Crippen LogP contribution in [0, 0.1) is 5.41 Å². The minimum atomic E-state index is -3.59. The summed E-state index contributed by atoms with van der Waals surface area (Å²) in [5, 5.41) is 7.25. The Balaban J connectivity index is 1.98. The lowest BCUT2D eigenvalue weighted by Crippen LogP contribution is -2.43. The molecule has 0 aliphatic carbocycles. The zero-order valence-corrected chi connectivity index (χ0v) is 12.7. The second kappa shape index (κ2) is 5.31. The number of nitrogen functional groups attached to an aromatic ring is 1. The van der Waals surface area contributed by atoms with E-state index in [1.165, 1.54) is 0 Å². The van der Waals surface area contributed by atoms with Crippen LogP contribution in [-0.4, -0.2) is 50.2 Å². The number of hydrogen-bond acceptors (Lipinski definition) is 7. The Morgan fingerprint density at radius 2 is 2.05 bits per heavy atom. The van der Waals surface area contributed by atoms with Crippen molar-refractivity contribution in [1.29, 1.82) is 0 Å². The molecule has 1 aliphatic rings. The predicted molar refractivity (Wildman–Crippen MR) is 74.3 cm³/mol. The van der Waals surface area contributed by atoms with Crippen molar-refractivity contribution in [2.75, 3.05) is 32.4 Å². The van der Waals surface area contributed by atoms with Crippen LogP contribution in [0.5, 0.6) is 0 Å². The average Bonchev–Trinajstić information content (AvgIpc) is 2.79. The second-order valence-electron chi connectivity index (χ2n) is 5.34. The summed E-state index contributed by atoms with van der Waals surface area (Å²) in [6.07, 6.45) is 1.95. The summed E-state index contributed by atoms with van der Waals surface area (Å²) in [4.78, 5) is 2.25. The first-order valence-corrected chi connectivity index (χ1v) is 8.38. The molecule has 0 unspecified atom stereocenters. The van der Waals surface area contributed by atoms with Gasteiger partial charge in [0.15, 0.2) is 0 Å². The Bertz CT molecular complexity index is 534. The highest BCUT2D eigenvalue weighted by molar-refractivity contribution is 7.91. The molecular formula is C10H19N5O2S2. The Hall–Kier alpha value is -0.770. The van der Waals surface area contributed by atoms with Crippen LogP contribution in [0.2, 0.25) is 0 Å². The van der Waals surface area contributed by atoms with Gasteiger partial charge >= 0.3 is 0 Å². The topological polar surface area (TPSA) is 101 Å². The third-order valence-electron chi connectivity index (χ3n) is 3.54. The zero-order chi connectivity index (χ0) is 14.1. The standard InChI is InChI=1S/C10H19N5O2S2/c1-10(3-5-15(2)6-4-10)7-12-19(16,17)9-14-13-8(11)18-9/h12H,3-7H2,1-2H3,(H2,11,13). The van der Waals surface area contributed by atoms with E-state index in [1.54, 1.807) is 0 Å². The third kappa shape index (κ3) is 3.62. The number of piperidine rings is 1. The van der Waals surface area contributed by atoms with Gasteiger partial charge in [0.2, 0.25) is 9.47 Å². The molecule has 1 aromatic rings. The molecule has 0 spiro atoms. The maximum atomic E-state index is 12.0. The summed E-state index contributed by atoms with van der Waals surface area (Å²) in [6.45, 7) is 4.51. The van der Waals surface area contributed by atoms with Crippen molar-refractivity contribution < 1.29 is 8.42 Å². The molecule has 1 aromatic heterocycles. The number of aromatic nitrogens is 2. The van der Waals surface area contributed by atoms with Gasteiger partial charge in [0.25, 0.3) is 10.0 Å². The molecular weight excluding hydrogens is 286 g/mol. The SMILES string of the molecule is CN1CCC(C)(CNS(=O)(=O)c2nnc(N)s2)CC1. The van der Waals surface area contributed by atoms with Crippen LogP contribution in [0.3, 0.4) is 0 Å². The van der Waals surface area contributed by atoms with E-state index < -0.39 is 10.0 Å². The maximum absolute atomic E-state index is 12.0. The number of nitrogens with one attached hydrogen (secondary N) is 1. The van der Waals surface area contributed by atoms with Gasteiger partial charge in [-0.05, 0) is 38.4 Å². The van der Waals surface area contributed by atoms with E-state index in [2.05, 4.69) is 33.8 Å². The number of anilines is 1. The second-order valence-corrected chi connectivity index (χ2v) is 8.29. The first-order chi connectivity index (χ1) is 8.81. The molecule has 9 heteroatoms. The number of hydrogen-bond donors (Lipinski definition) is 2. The Morgan fingerprint density at radius 3 is 2.58 bits per heavy atom. The van der Waals surface area contributed by atoms with Crippen molar-refractivity contribution in [3.8, 4) is 0 Å². The Kier molecular flexibility index (Phi) is 4.09. The van der Waals surface area contributed by atoms with Crippen LogP contribution >= 0.6 is 11.3 Å². The molecule has 7 nitrogen and oxygen atoms in total. The summed E-state index contributed by atoms with van der Waals surface area (Å²) >= 11 is 0.877. The van der Waals surface area contributed by atoms with Gasteiger partial charge in [-0.15, -0.1) is 10.2 Å². The quantitative estimate of drug-likeness (QED) is 0.820. The predicted octanol–water partition coefficient (Wildman–Crippen LogP) is 0.131. The van der Waals surface area contributed by atoms with Crippen LogP contribution in [0.25, 0.3) is 0 Å². The Morgan fingerprint density at radius 1 is 1.42 bits per heavy atom. The molecule has 0 radical (unpaired) electrons. The van der Waals surface area contributed by atoms with E-state index in [4.69, 9.17) is 5.73 Å². The van der Waals surface area contributed by atoms with E-state index in [-0.39, 0.29) is 14.9 Å². The van der Waals surface area contributed by atoms with Gasteiger partial charge in [-0.2, -0.15) is 0 Å². The first kappa shape index (κ1) is 14.6. The first-order valence-electron chi connectivity index (χ1n) is 6.08. The molecule has 3 N–H and O–H groups in total. The van der Waals surface area contributed by atoms with Crippen LogP contribution in [-0.2, 0) is 10.0 Å². The number of nitrogens with zero attached hydrogens (tertiary/aromatic N) is 3. The van der Waals surface area contributed by atoms with Crippen LogP contribution in [0.15, 0.2) is 4.34 Å². The molecule has 1 aliphatic heterocycles. The lowest BCUT2D eigenvalue weighted by Gasteiger charge is -2.37. The zero-order valence-electron chi connectivity index (χ0n) is 11.1. The van der Waals surface area contributed by atoms with Crippen LogP contribution in [0.1, 0.15) is 19.8 Å². The summed E-state index contributed by atoms with van der Waals surface area (Å²) in [6, 6.07) is 0. The van der Waals surface area contributed by atoms with E-state index in [0.29, 0.717) is 6.54 Å². The lowest BCUT2D eigenvalue weighted by molar-refractivity contribution is 0.143. The van der Waals surface area contributed by atoms with Gasteiger partial charge in [-0.3, -0.25) is 0 Å². The highest BCUT2D eigenvalue weighted by Gasteiger charge is 2.31. The number of nitrogens with two attached hydrogens (primary N) is 1. The molecule has 2 heterocycles. The van der Waals surface area contributed by atoms with Crippen molar-refractivity contribution in [3.05, 3.63) is 0 Å². The molecule has 0 saturated carbocycles.